The van der Waals surface area contributed by atoms with Crippen LogP contribution in [-0.2, 0) is 15.0 Å². The van der Waals surface area contributed by atoms with E-state index >= 15 is 0 Å². The Morgan fingerprint density at radius 3 is 2.41 bits per heavy atom. The van der Waals surface area contributed by atoms with Gasteiger partial charge in [0.15, 0.2) is 0 Å². The highest BCUT2D eigenvalue weighted by Crippen LogP contribution is 2.42. The number of likely N-dealkylation sites (tertiary alicyclic amines) is 1. The van der Waals surface area contributed by atoms with Crippen molar-refractivity contribution in [3.63, 3.8) is 0 Å². The summed E-state index contributed by atoms with van der Waals surface area (Å²) in [6, 6.07) is 19.2. The van der Waals surface area contributed by atoms with Crippen molar-refractivity contribution in [2.24, 2.45) is 0 Å². The van der Waals surface area contributed by atoms with Crippen molar-refractivity contribution >= 4 is 28.2 Å². The van der Waals surface area contributed by atoms with Gasteiger partial charge in [-0.05, 0) is 52.3 Å². The van der Waals surface area contributed by atoms with Gasteiger partial charge in [-0.2, -0.15) is 0 Å². The van der Waals surface area contributed by atoms with Crippen LogP contribution >= 0.6 is 0 Å². The van der Waals surface area contributed by atoms with Crippen LogP contribution in [0.1, 0.15) is 68.8 Å². The minimum Gasteiger partial charge on any atom is -0.507 e. The monoisotopic (exact) mass is 455 g/mol. The van der Waals surface area contributed by atoms with Crippen LogP contribution in [0.5, 0.6) is 0 Å². The molecule has 34 heavy (non-hydrogen) atoms. The first-order valence-electron chi connectivity index (χ1n) is 12.0. The van der Waals surface area contributed by atoms with Crippen molar-refractivity contribution in [2.45, 2.75) is 58.9 Å². The van der Waals surface area contributed by atoms with E-state index in [0.717, 1.165) is 40.3 Å². The molecule has 1 fully saturated rings. The Kier molecular flexibility index (Phi) is 6.35. The number of nitrogens with zero attached hydrogens (tertiary/aromatic N) is 1. The molecule has 1 saturated heterocycles. The summed E-state index contributed by atoms with van der Waals surface area (Å²) in [6.07, 6.45) is 1.69. The van der Waals surface area contributed by atoms with Gasteiger partial charge in [0.25, 0.3) is 11.7 Å². The number of unbranched alkanes of at least 4 members (excludes halogenated alkanes) is 1. The van der Waals surface area contributed by atoms with Crippen molar-refractivity contribution in [1.29, 1.82) is 0 Å². The first-order valence-corrected chi connectivity index (χ1v) is 12.0. The number of ketones is 1. The fourth-order valence-electron chi connectivity index (χ4n) is 4.74. The minimum absolute atomic E-state index is 0.0983. The molecular formula is C30H33NO3. The van der Waals surface area contributed by atoms with Crippen LogP contribution < -0.4 is 0 Å². The number of hydrogen-bond acceptors (Lipinski definition) is 3. The summed E-state index contributed by atoms with van der Waals surface area (Å²) in [6.45, 7) is 10.8. The van der Waals surface area contributed by atoms with Gasteiger partial charge < -0.3 is 10.0 Å². The second-order valence-corrected chi connectivity index (χ2v) is 10.2. The molecule has 3 aromatic carbocycles. The van der Waals surface area contributed by atoms with Gasteiger partial charge in [-0.25, -0.2) is 0 Å². The molecule has 1 aliphatic heterocycles. The zero-order chi connectivity index (χ0) is 24.6. The molecule has 4 heteroatoms. The fraction of sp³-hybridized carbons (Fsp3) is 0.333. The highest BCUT2D eigenvalue weighted by Gasteiger charge is 2.46. The SMILES string of the molecule is CCCCN1C(=O)C(=O)/C(=C(/O)c2cc(C(C)(C)C)ccc2C)C1c1cccc2ccccc12. The van der Waals surface area contributed by atoms with E-state index in [1.165, 1.54) is 0 Å². The highest BCUT2D eigenvalue weighted by molar-refractivity contribution is 6.46. The van der Waals surface area contributed by atoms with Gasteiger partial charge in [-0.1, -0.05) is 88.7 Å². The number of carbonyl (C=O) groups is 2. The molecule has 1 aliphatic rings. The van der Waals surface area contributed by atoms with Crippen molar-refractivity contribution in [1.82, 2.24) is 4.90 Å². The normalized spacial score (nSPS) is 18.1. The van der Waals surface area contributed by atoms with Crippen LogP contribution in [0.2, 0.25) is 0 Å². The van der Waals surface area contributed by atoms with E-state index in [9.17, 15) is 14.7 Å². The number of aryl methyl sites for hydroxylation is 1. The summed E-state index contributed by atoms with van der Waals surface area (Å²) in [4.78, 5) is 28.3. The molecule has 1 atom stereocenters. The topological polar surface area (TPSA) is 57.6 Å². The molecule has 4 nitrogen and oxygen atoms in total. The lowest BCUT2D eigenvalue weighted by atomic mass is 9.84. The van der Waals surface area contributed by atoms with Crippen LogP contribution in [0, 0.1) is 6.92 Å². The van der Waals surface area contributed by atoms with E-state index < -0.39 is 17.7 Å². The summed E-state index contributed by atoms with van der Waals surface area (Å²) in [7, 11) is 0. The molecule has 0 radical (unpaired) electrons. The quantitative estimate of drug-likeness (QED) is 0.266. The zero-order valence-corrected chi connectivity index (χ0v) is 20.7. The average Bonchev–Trinajstić information content (AvgIpc) is 3.06. The number of aliphatic hydroxyl groups excluding tert-OH is 1. The summed E-state index contributed by atoms with van der Waals surface area (Å²) in [5.74, 6) is -1.26. The van der Waals surface area contributed by atoms with E-state index in [2.05, 4.69) is 27.7 Å². The molecule has 0 aromatic heterocycles. The van der Waals surface area contributed by atoms with Crippen molar-refractivity contribution in [3.05, 3.63) is 88.5 Å². The summed E-state index contributed by atoms with van der Waals surface area (Å²) >= 11 is 0. The lowest BCUT2D eigenvalue weighted by Gasteiger charge is -2.27. The van der Waals surface area contributed by atoms with Crippen LogP contribution in [0.3, 0.4) is 0 Å². The van der Waals surface area contributed by atoms with Gasteiger partial charge in [0.1, 0.15) is 5.76 Å². The smallest absolute Gasteiger partial charge is 0.295 e. The fourth-order valence-corrected chi connectivity index (χ4v) is 4.74. The number of aliphatic hydroxyl groups is 1. The number of benzene rings is 3. The second-order valence-electron chi connectivity index (χ2n) is 10.2. The third-order valence-corrected chi connectivity index (χ3v) is 6.77. The van der Waals surface area contributed by atoms with Crippen molar-refractivity contribution < 1.29 is 14.7 Å². The maximum absolute atomic E-state index is 13.4. The van der Waals surface area contributed by atoms with Gasteiger partial charge >= 0.3 is 0 Å². The number of rotatable bonds is 5. The molecule has 4 rings (SSSR count). The standard InChI is InChI=1S/C30H33NO3/c1-6-7-17-31-26(23-14-10-12-20-11-8-9-13-22(20)23)25(28(33)29(31)34)27(32)24-18-21(30(3,4)5)16-15-19(24)2/h8-16,18,26,32H,6-7,17H2,1-5H3/b27-25+. The molecule has 0 saturated carbocycles. The highest BCUT2D eigenvalue weighted by atomic mass is 16.3. The maximum atomic E-state index is 13.4. The van der Waals surface area contributed by atoms with E-state index in [4.69, 9.17) is 0 Å². The Hall–Kier alpha value is -3.40. The Bertz CT molecular complexity index is 1290. The van der Waals surface area contributed by atoms with Gasteiger partial charge in [-0.15, -0.1) is 0 Å². The molecule has 3 aromatic rings. The minimum atomic E-state index is -0.629. The van der Waals surface area contributed by atoms with Crippen molar-refractivity contribution in [2.75, 3.05) is 6.54 Å². The predicted octanol–water partition coefficient (Wildman–Crippen LogP) is 6.67. The average molecular weight is 456 g/mol. The first-order chi connectivity index (χ1) is 16.1. The molecule has 1 unspecified atom stereocenters. The van der Waals surface area contributed by atoms with Crippen LogP contribution in [-0.4, -0.2) is 28.2 Å². The summed E-state index contributed by atoms with van der Waals surface area (Å²) < 4.78 is 0. The number of hydrogen-bond donors (Lipinski definition) is 1. The number of carbonyl (C=O) groups excluding carboxylic acids is 2. The molecule has 1 amide bonds. The third kappa shape index (κ3) is 4.13. The molecule has 0 aliphatic carbocycles. The van der Waals surface area contributed by atoms with E-state index in [0.29, 0.717) is 12.1 Å². The number of amides is 1. The molecular weight excluding hydrogens is 422 g/mol. The Morgan fingerprint density at radius 1 is 1.00 bits per heavy atom. The van der Waals surface area contributed by atoms with Crippen LogP contribution in [0.4, 0.5) is 0 Å². The third-order valence-electron chi connectivity index (χ3n) is 6.77. The van der Waals surface area contributed by atoms with Crippen molar-refractivity contribution in [3.8, 4) is 0 Å². The van der Waals surface area contributed by atoms with E-state index in [1.807, 2.05) is 67.6 Å². The summed E-state index contributed by atoms with van der Waals surface area (Å²) in [5.41, 5.74) is 3.44. The van der Waals surface area contributed by atoms with E-state index in [1.54, 1.807) is 4.90 Å². The van der Waals surface area contributed by atoms with Gasteiger partial charge in [-0.3, -0.25) is 9.59 Å². The second kappa shape index (κ2) is 9.09. The lowest BCUT2D eigenvalue weighted by Crippen LogP contribution is -2.30. The first kappa shape index (κ1) is 23.7. The predicted molar refractivity (Wildman–Crippen MR) is 138 cm³/mol. The molecule has 1 N–H and O–H groups in total. The van der Waals surface area contributed by atoms with Crippen LogP contribution in [0.15, 0.2) is 66.2 Å². The molecule has 176 valence electrons. The number of fused-ring (bicyclic) bond motifs is 1. The molecule has 1 heterocycles. The Morgan fingerprint density at radius 2 is 1.71 bits per heavy atom. The molecule has 0 bridgehead atoms. The largest absolute Gasteiger partial charge is 0.507 e. The number of Topliss-reactive ketones (excluding diaryl/α,β-unsaturated/α-hetero) is 1. The van der Waals surface area contributed by atoms with Gasteiger partial charge in [0.05, 0.1) is 11.6 Å². The van der Waals surface area contributed by atoms with E-state index in [-0.39, 0.29) is 16.7 Å². The van der Waals surface area contributed by atoms with Gasteiger partial charge in [0, 0.05) is 12.1 Å². The summed E-state index contributed by atoms with van der Waals surface area (Å²) in [5, 5.41) is 13.6. The zero-order valence-electron chi connectivity index (χ0n) is 20.7. The van der Waals surface area contributed by atoms with Crippen LogP contribution in [0.25, 0.3) is 16.5 Å². The Balaban J connectivity index is 1.99. The Labute approximate surface area is 201 Å². The lowest BCUT2D eigenvalue weighted by molar-refractivity contribution is -0.139. The maximum Gasteiger partial charge on any atom is 0.295 e. The van der Waals surface area contributed by atoms with Gasteiger partial charge in [0.2, 0.25) is 0 Å². The molecule has 0 spiro atoms.